The number of aryl methyl sites for hydroxylation is 2. The fourth-order valence-electron chi connectivity index (χ4n) is 11.9. The Kier molecular flexibility index (Phi) is 30.2. The summed E-state index contributed by atoms with van der Waals surface area (Å²) in [6.07, 6.45) is 21.4. The van der Waals surface area contributed by atoms with E-state index in [1.165, 1.54) is 0 Å². The molecule has 0 atom stereocenters. The molecule has 5 aromatic carbocycles. The first kappa shape index (κ1) is 83.3. The molecule has 0 N–H and O–H groups in total. The standard InChI is InChI=1S/C24H24N2O2.C23H23N3O2.2C22H20ClN3O2/c1-4-24(28)26(3)21-11-12-22(17(2)14-21)19-7-9-20(10-8-19)23(27)15-18-6-5-13-25-16-18;1-4-23(28)26(3)19-8-9-20(16(2)12-19)18-7-10-21(25-15-18)22(27)13-17-6-5-11-24-14-17;1-3-22(28)26(2)20-9-7-16(12-18(20)23)19-8-6-17(14-25-19)21(27)11-15-5-4-10-24-13-15;1-3-22(28)26(2)20-9-7-16(12-18(20)23)17-6-8-19(25-14-17)21(27)11-15-5-4-10-24-13-15/h5-14,16H,4,15H2,1-3H3;5-12,14-15H,4,13H2,1-3H3;2*4-10,12-14H,3,11H2,1-2H3. The van der Waals surface area contributed by atoms with Gasteiger partial charge >= 0.3 is 0 Å². The SMILES string of the molecule is CCC(=O)N(C)c1ccc(-c2ccc(C(=O)Cc3cccnc3)cc2)c(C)c1.CCC(=O)N(C)c1ccc(-c2ccc(C(=O)Cc3cccnc3)cn2)cc1Cl.CCC(=O)N(C)c1ccc(-c2ccc(C(=O)Cc3cccnc3)nc2)c(C)c1.CCC(=O)N(C)c1ccc(-c2ccc(C(=O)Cc3cccnc3)nc2)cc1Cl. The molecule has 112 heavy (non-hydrogen) atoms. The van der Waals surface area contributed by atoms with Crippen LogP contribution in [0.1, 0.15) is 128 Å². The second kappa shape index (κ2) is 40.6. The van der Waals surface area contributed by atoms with E-state index in [1.807, 2.05) is 175 Å². The number of nitrogens with zero attached hydrogens (tertiary/aromatic N) is 11. The molecule has 0 saturated carbocycles. The highest BCUT2D eigenvalue weighted by molar-refractivity contribution is 6.34. The van der Waals surface area contributed by atoms with Crippen LogP contribution in [-0.2, 0) is 44.9 Å². The van der Waals surface area contributed by atoms with Crippen molar-refractivity contribution in [1.29, 1.82) is 0 Å². The van der Waals surface area contributed by atoms with E-state index >= 15 is 0 Å². The molecule has 0 spiro atoms. The van der Waals surface area contributed by atoms with Crippen LogP contribution in [0.4, 0.5) is 22.7 Å². The zero-order chi connectivity index (χ0) is 80.4. The zero-order valence-corrected chi connectivity index (χ0v) is 65.8. The summed E-state index contributed by atoms with van der Waals surface area (Å²) in [5, 5.41) is 0.957. The topological polar surface area (TPSA) is 240 Å². The highest BCUT2D eigenvalue weighted by Gasteiger charge is 2.20. The van der Waals surface area contributed by atoms with Gasteiger partial charge in [-0.15, -0.1) is 0 Å². The fourth-order valence-corrected chi connectivity index (χ4v) is 12.5. The molecule has 0 aliphatic carbocycles. The Morgan fingerprint density at radius 1 is 0.321 bits per heavy atom. The van der Waals surface area contributed by atoms with Gasteiger partial charge in [0.2, 0.25) is 23.6 Å². The largest absolute Gasteiger partial charge is 0.316 e. The van der Waals surface area contributed by atoms with Gasteiger partial charge in [-0.3, -0.25) is 73.2 Å². The predicted octanol–water partition coefficient (Wildman–Crippen LogP) is 18.3. The van der Waals surface area contributed by atoms with Gasteiger partial charge in [-0.1, -0.05) is 136 Å². The minimum absolute atomic E-state index is 0.00667. The molecule has 0 saturated heterocycles. The minimum atomic E-state index is -0.0624. The molecule has 0 aliphatic heterocycles. The third kappa shape index (κ3) is 22.7. The number of hydrogen-bond acceptors (Lipinski definition) is 15. The Labute approximate surface area is 663 Å². The number of rotatable bonds is 24. The predicted molar refractivity (Wildman–Crippen MR) is 444 cm³/mol. The first-order valence-corrected chi connectivity index (χ1v) is 37.3. The maximum absolute atomic E-state index is 12.5. The van der Waals surface area contributed by atoms with Crippen molar-refractivity contribution in [2.75, 3.05) is 47.8 Å². The molecule has 21 heteroatoms. The number of amides is 4. The van der Waals surface area contributed by atoms with Crippen LogP contribution in [0.15, 0.2) is 250 Å². The van der Waals surface area contributed by atoms with E-state index in [4.69, 9.17) is 23.2 Å². The maximum atomic E-state index is 12.5. The number of anilines is 4. The molecular formula is C91H87Cl2N11O8. The maximum Gasteiger partial charge on any atom is 0.226 e. The molecule has 12 rings (SSSR count). The molecular weight excluding hydrogens is 1450 g/mol. The van der Waals surface area contributed by atoms with E-state index in [9.17, 15) is 38.4 Å². The van der Waals surface area contributed by atoms with Crippen molar-refractivity contribution >= 4 is 92.7 Å². The summed E-state index contributed by atoms with van der Waals surface area (Å²) in [4.78, 5) is 133. The molecule has 7 heterocycles. The Hall–Kier alpha value is -12.7. The summed E-state index contributed by atoms with van der Waals surface area (Å²) < 4.78 is 0. The fraction of sp³-hybridized carbons (Fsp3) is 0.198. The van der Waals surface area contributed by atoms with Crippen LogP contribution in [0.2, 0.25) is 10.0 Å². The van der Waals surface area contributed by atoms with Gasteiger partial charge < -0.3 is 19.6 Å². The number of carbonyl (C=O) groups is 8. The monoisotopic (exact) mass is 1530 g/mol. The number of pyridine rings is 7. The molecule has 0 fully saturated rings. The number of hydrogen-bond donors (Lipinski definition) is 0. The Bertz CT molecular complexity index is 4930. The van der Waals surface area contributed by atoms with Crippen LogP contribution in [0.3, 0.4) is 0 Å². The highest BCUT2D eigenvalue weighted by atomic mass is 35.5. The van der Waals surface area contributed by atoms with Crippen LogP contribution >= 0.6 is 23.2 Å². The third-order valence-electron chi connectivity index (χ3n) is 18.5. The minimum Gasteiger partial charge on any atom is -0.316 e. The molecule has 12 aromatic rings. The van der Waals surface area contributed by atoms with Gasteiger partial charge in [0, 0.05) is 187 Å². The second-order valence-electron chi connectivity index (χ2n) is 26.3. The van der Waals surface area contributed by atoms with Gasteiger partial charge in [-0.2, -0.15) is 0 Å². The van der Waals surface area contributed by atoms with Crippen molar-refractivity contribution in [3.8, 4) is 44.6 Å². The van der Waals surface area contributed by atoms with E-state index in [1.54, 1.807) is 164 Å². The lowest BCUT2D eigenvalue weighted by Crippen LogP contribution is -2.25. The molecule has 19 nitrogen and oxygen atoms in total. The summed E-state index contributed by atoms with van der Waals surface area (Å²) >= 11 is 12.7. The smallest absolute Gasteiger partial charge is 0.226 e. The van der Waals surface area contributed by atoms with E-state index in [2.05, 4.69) is 34.9 Å². The molecule has 0 aliphatic rings. The Balaban J connectivity index is 0.000000171. The Morgan fingerprint density at radius 2 is 0.679 bits per heavy atom. The summed E-state index contributed by atoms with van der Waals surface area (Å²) in [5.74, 6) is 0.108. The van der Waals surface area contributed by atoms with Gasteiger partial charge in [0.25, 0.3) is 0 Å². The first-order chi connectivity index (χ1) is 54.0. The van der Waals surface area contributed by atoms with Crippen molar-refractivity contribution < 1.29 is 38.4 Å². The number of ketones is 4. The van der Waals surface area contributed by atoms with Crippen molar-refractivity contribution in [3.63, 3.8) is 0 Å². The quantitative estimate of drug-likeness (QED) is 0.0511. The summed E-state index contributed by atoms with van der Waals surface area (Å²) in [6.45, 7) is 11.4. The highest BCUT2D eigenvalue weighted by Crippen LogP contribution is 2.34. The Morgan fingerprint density at radius 3 is 1.04 bits per heavy atom. The van der Waals surface area contributed by atoms with Crippen molar-refractivity contribution in [3.05, 3.63) is 316 Å². The van der Waals surface area contributed by atoms with Crippen molar-refractivity contribution in [2.45, 2.75) is 92.9 Å². The van der Waals surface area contributed by atoms with Gasteiger partial charge in [0.1, 0.15) is 11.4 Å². The lowest BCUT2D eigenvalue weighted by Gasteiger charge is -2.18. The third-order valence-corrected chi connectivity index (χ3v) is 19.1. The average molecular weight is 1530 g/mol. The second-order valence-corrected chi connectivity index (χ2v) is 27.1. The van der Waals surface area contributed by atoms with Crippen LogP contribution < -0.4 is 19.6 Å². The van der Waals surface area contributed by atoms with Crippen LogP contribution in [-0.4, -0.2) is 110 Å². The molecule has 7 aromatic heterocycles. The number of Topliss-reactive ketones (excluding diaryl/α,β-unsaturated/α-hetero) is 4. The van der Waals surface area contributed by atoms with E-state index in [0.717, 1.165) is 83.7 Å². The van der Waals surface area contributed by atoms with E-state index in [-0.39, 0.29) is 66.0 Å². The normalized spacial score (nSPS) is 10.5. The molecule has 0 unspecified atom stereocenters. The number of aromatic nitrogens is 7. The molecule has 4 amide bonds. The summed E-state index contributed by atoms with van der Waals surface area (Å²) in [6, 6.07) is 56.1. The van der Waals surface area contributed by atoms with Gasteiger partial charge in [-0.25, -0.2) is 0 Å². The zero-order valence-electron chi connectivity index (χ0n) is 64.3. The van der Waals surface area contributed by atoms with Crippen LogP contribution in [0, 0.1) is 13.8 Å². The molecule has 0 radical (unpaired) electrons. The number of halogens is 2. The van der Waals surface area contributed by atoms with Crippen LogP contribution in [0.5, 0.6) is 0 Å². The molecule has 568 valence electrons. The lowest BCUT2D eigenvalue weighted by atomic mass is 9.97. The average Bonchev–Trinajstić information content (AvgIpc) is 0.831. The molecule has 0 bridgehead atoms. The first-order valence-electron chi connectivity index (χ1n) is 36.5. The van der Waals surface area contributed by atoms with Crippen molar-refractivity contribution in [1.82, 2.24) is 34.9 Å². The van der Waals surface area contributed by atoms with Gasteiger partial charge in [0.05, 0.1) is 27.1 Å². The number of carbonyl (C=O) groups excluding carboxylic acids is 8. The number of benzene rings is 5. The van der Waals surface area contributed by atoms with E-state index < -0.39 is 0 Å². The van der Waals surface area contributed by atoms with Gasteiger partial charge in [0.15, 0.2) is 23.1 Å². The van der Waals surface area contributed by atoms with Crippen LogP contribution in [0.25, 0.3) is 44.6 Å². The van der Waals surface area contributed by atoms with E-state index in [0.29, 0.717) is 81.7 Å². The van der Waals surface area contributed by atoms with Gasteiger partial charge in [-0.05, 0) is 167 Å². The summed E-state index contributed by atoms with van der Waals surface area (Å²) in [5.41, 5.74) is 18.1. The summed E-state index contributed by atoms with van der Waals surface area (Å²) in [7, 11) is 6.98. The lowest BCUT2D eigenvalue weighted by molar-refractivity contribution is -0.118. The van der Waals surface area contributed by atoms with Crippen molar-refractivity contribution in [2.24, 2.45) is 0 Å².